The molecule has 1 amide bonds. The number of hydrogen-bond acceptors (Lipinski definition) is 2. The summed E-state index contributed by atoms with van der Waals surface area (Å²) in [6.45, 7) is 6.01. The topological polar surface area (TPSA) is 38.3 Å². The Morgan fingerprint density at radius 2 is 1.63 bits per heavy atom. The van der Waals surface area contributed by atoms with E-state index in [0.717, 1.165) is 40.1 Å². The first-order valence-corrected chi connectivity index (χ1v) is 9.62. The second-order valence-corrected chi connectivity index (χ2v) is 7.89. The fraction of sp³-hybridized carbons (Fsp3) is 0.160. The van der Waals surface area contributed by atoms with Gasteiger partial charge < -0.3 is 10.1 Å². The van der Waals surface area contributed by atoms with Gasteiger partial charge in [-0.2, -0.15) is 0 Å². The van der Waals surface area contributed by atoms with Gasteiger partial charge in [0.05, 0.1) is 0 Å². The van der Waals surface area contributed by atoms with Gasteiger partial charge in [0, 0.05) is 11.3 Å². The molecule has 3 nitrogen and oxygen atoms in total. The van der Waals surface area contributed by atoms with Crippen LogP contribution >= 0.6 is 0 Å². The first-order chi connectivity index (χ1) is 14.2. The summed E-state index contributed by atoms with van der Waals surface area (Å²) < 4.78 is 33.7. The molecule has 0 fully saturated rings. The Balaban J connectivity index is 1.63. The molecule has 4 rings (SSSR count). The molecule has 1 aliphatic rings. The van der Waals surface area contributed by atoms with E-state index in [1.807, 2.05) is 45.0 Å². The number of halogens is 2. The number of fused-ring (bicyclic) bond motifs is 1. The van der Waals surface area contributed by atoms with E-state index in [-0.39, 0.29) is 0 Å². The molecule has 0 unspecified atom stereocenters. The van der Waals surface area contributed by atoms with Gasteiger partial charge in [0.2, 0.25) is 0 Å². The predicted octanol–water partition coefficient (Wildman–Crippen LogP) is 6.13. The van der Waals surface area contributed by atoms with Crippen LogP contribution in [0, 0.1) is 18.6 Å². The van der Waals surface area contributed by atoms with Crippen molar-refractivity contribution in [2.24, 2.45) is 0 Å². The highest BCUT2D eigenvalue weighted by Crippen LogP contribution is 2.40. The molecule has 3 aromatic rings. The van der Waals surface area contributed by atoms with Crippen LogP contribution in [0.15, 0.2) is 66.7 Å². The van der Waals surface area contributed by atoms with Crippen LogP contribution < -0.4 is 10.1 Å². The van der Waals surface area contributed by atoms with Crippen molar-refractivity contribution in [3.05, 3.63) is 101 Å². The predicted molar refractivity (Wildman–Crippen MR) is 114 cm³/mol. The van der Waals surface area contributed by atoms with E-state index < -0.39 is 28.7 Å². The number of ether oxygens (including phenoxy) is 1. The van der Waals surface area contributed by atoms with E-state index in [9.17, 15) is 13.6 Å². The molecular formula is C25H21F2NO2. The smallest absolute Gasteiger partial charge is 0.261 e. The molecule has 0 radical (unpaired) electrons. The van der Waals surface area contributed by atoms with Crippen molar-refractivity contribution in [3.63, 3.8) is 0 Å². The Morgan fingerprint density at radius 1 is 0.967 bits per heavy atom. The minimum atomic E-state index is -0.898. The van der Waals surface area contributed by atoms with Crippen LogP contribution in [0.5, 0.6) is 5.75 Å². The van der Waals surface area contributed by atoms with Crippen LogP contribution in [0.2, 0.25) is 0 Å². The van der Waals surface area contributed by atoms with Gasteiger partial charge in [0.25, 0.3) is 5.91 Å². The third kappa shape index (κ3) is 3.83. The summed E-state index contributed by atoms with van der Waals surface area (Å²) in [7, 11) is 0. The lowest BCUT2D eigenvalue weighted by Crippen LogP contribution is -2.29. The second kappa shape index (κ2) is 7.41. The van der Waals surface area contributed by atoms with Crippen molar-refractivity contribution in [3.8, 4) is 5.75 Å². The van der Waals surface area contributed by atoms with Gasteiger partial charge in [-0.05, 0) is 74.4 Å². The standard InChI is InChI=1S/C25H21F2NO2/c1-15-7-12-22-18(13-15)19(14-25(2,3)30-22)16-8-10-17(11-9-16)28-24(29)23-20(26)5-4-6-21(23)27/h4-14H,1-3H3,(H,28,29). The van der Waals surface area contributed by atoms with Gasteiger partial charge in [-0.25, -0.2) is 8.78 Å². The van der Waals surface area contributed by atoms with Crippen LogP contribution in [0.25, 0.3) is 5.57 Å². The van der Waals surface area contributed by atoms with E-state index in [2.05, 4.69) is 17.5 Å². The first kappa shape index (κ1) is 19.8. The Hall–Kier alpha value is -3.47. The SMILES string of the molecule is Cc1ccc2c(c1)C(c1ccc(NC(=O)c3c(F)cccc3F)cc1)=CC(C)(C)O2. The van der Waals surface area contributed by atoms with Crippen LogP contribution in [0.3, 0.4) is 0 Å². The van der Waals surface area contributed by atoms with Crippen LogP contribution in [-0.4, -0.2) is 11.5 Å². The zero-order valence-corrected chi connectivity index (χ0v) is 16.9. The summed E-state index contributed by atoms with van der Waals surface area (Å²) in [5.41, 5.74) is 3.49. The molecule has 1 heterocycles. The number of nitrogens with one attached hydrogen (secondary N) is 1. The fourth-order valence-electron chi connectivity index (χ4n) is 3.56. The fourth-order valence-corrected chi connectivity index (χ4v) is 3.56. The normalized spacial score (nSPS) is 14.4. The van der Waals surface area contributed by atoms with E-state index in [1.54, 1.807) is 12.1 Å². The summed E-state index contributed by atoms with van der Waals surface area (Å²) in [6.07, 6.45) is 2.07. The number of benzene rings is 3. The minimum Gasteiger partial charge on any atom is -0.483 e. The summed E-state index contributed by atoms with van der Waals surface area (Å²) in [5, 5.41) is 2.55. The monoisotopic (exact) mass is 405 g/mol. The summed E-state index contributed by atoms with van der Waals surface area (Å²) >= 11 is 0. The van der Waals surface area contributed by atoms with Gasteiger partial charge in [-0.1, -0.05) is 29.8 Å². The molecule has 1 N–H and O–H groups in total. The number of aryl methyl sites for hydroxylation is 1. The van der Waals surface area contributed by atoms with Gasteiger partial charge in [0.1, 0.15) is 28.5 Å². The molecule has 0 bridgehead atoms. The van der Waals surface area contributed by atoms with E-state index >= 15 is 0 Å². The van der Waals surface area contributed by atoms with Gasteiger partial charge in [-0.3, -0.25) is 4.79 Å². The van der Waals surface area contributed by atoms with Crippen molar-refractivity contribution in [2.45, 2.75) is 26.4 Å². The Morgan fingerprint density at radius 3 is 2.30 bits per heavy atom. The molecule has 0 aliphatic carbocycles. The highest BCUT2D eigenvalue weighted by Gasteiger charge is 2.27. The maximum Gasteiger partial charge on any atom is 0.261 e. The number of carbonyl (C=O) groups excluding carboxylic acids is 1. The highest BCUT2D eigenvalue weighted by molar-refractivity contribution is 6.04. The third-order valence-electron chi connectivity index (χ3n) is 4.93. The lowest BCUT2D eigenvalue weighted by atomic mass is 9.89. The molecule has 30 heavy (non-hydrogen) atoms. The molecule has 152 valence electrons. The van der Waals surface area contributed by atoms with E-state index in [4.69, 9.17) is 4.74 Å². The maximum atomic E-state index is 13.8. The maximum absolute atomic E-state index is 13.8. The number of amides is 1. The van der Waals surface area contributed by atoms with E-state index in [0.29, 0.717) is 5.69 Å². The van der Waals surface area contributed by atoms with Crippen LogP contribution in [0.4, 0.5) is 14.5 Å². The number of carbonyl (C=O) groups is 1. The van der Waals surface area contributed by atoms with Crippen LogP contribution in [0.1, 0.15) is 40.9 Å². The third-order valence-corrected chi connectivity index (χ3v) is 4.93. The van der Waals surface area contributed by atoms with E-state index in [1.165, 1.54) is 6.07 Å². The quantitative estimate of drug-likeness (QED) is 0.569. The highest BCUT2D eigenvalue weighted by atomic mass is 19.1. The van der Waals surface area contributed by atoms with Crippen molar-refractivity contribution in [1.82, 2.24) is 0 Å². The molecule has 0 spiro atoms. The molecule has 3 aromatic carbocycles. The molecule has 0 atom stereocenters. The average Bonchev–Trinajstić information content (AvgIpc) is 2.68. The molecule has 5 heteroatoms. The summed E-state index contributed by atoms with van der Waals surface area (Å²) in [5.74, 6) is -1.81. The number of hydrogen-bond donors (Lipinski definition) is 1. The lowest BCUT2D eigenvalue weighted by molar-refractivity contribution is 0.101. The molecule has 0 saturated heterocycles. The average molecular weight is 405 g/mol. The second-order valence-electron chi connectivity index (χ2n) is 7.89. The Kier molecular flexibility index (Phi) is 4.90. The minimum absolute atomic E-state index is 0.447. The van der Waals surface area contributed by atoms with Crippen LogP contribution in [-0.2, 0) is 0 Å². The van der Waals surface area contributed by atoms with Crippen molar-refractivity contribution in [2.75, 3.05) is 5.32 Å². The summed E-state index contributed by atoms with van der Waals surface area (Å²) in [4.78, 5) is 12.3. The first-order valence-electron chi connectivity index (χ1n) is 9.62. The number of anilines is 1. The van der Waals surface area contributed by atoms with Gasteiger partial charge in [-0.15, -0.1) is 0 Å². The Labute approximate surface area is 174 Å². The van der Waals surface area contributed by atoms with Crippen molar-refractivity contribution >= 4 is 17.2 Å². The van der Waals surface area contributed by atoms with Gasteiger partial charge >= 0.3 is 0 Å². The number of rotatable bonds is 3. The molecule has 0 saturated carbocycles. The lowest BCUT2D eigenvalue weighted by Gasteiger charge is -2.31. The molecular weight excluding hydrogens is 384 g/mol. The zero-order valence-electron chi connectivity index (χ0n) is 16.9. The largest absolute Gasteiger partial charge is 0.483 e. The molecule has 1 aliphatic heterocycles. The molecule has 0 aromatic heterocycles. The zero-order chi connectivity index (χ0) is 21.5. The van der Waals surface area contributed by atoms with Gasteiger partial charge in [0.15, 0.2) is 0 Å². The summed E-state index contributed by atoms with van der Waals surface area (Å²) in [6, 6.07) is 16.6. The van der Waals surface area contributed by atoms with Crippen molar-refractivity contribution in [1.29, 1.82) is 0 Å². The van der Waals surface area contributed by atoms with Crippen molar-refractivity contribution < 1.29 is 18.3 Å². The Bertz CT molecular complexity index is 1140.